The summed E-state index contributed by atoms with van der Waals surface area (Å²) in [4.78, 5) is 18.7. The molecule has 4 fully saturated rings. The van der Waals surface area contributed by atoms with Gasteiger partial charge in [-0.1, -0.05) is 12.0 Å². The molecule has 0 radical (unpaired) electrons. The van der Waals surface area contributed by atoms with Crippen molar-refractivity contribution in [1.29, 1.82) is 0 Å². The average molecular weight is 641 g/mol. The number of hydrogen-bond donors (Lipinski definition) is 2. The van der Waals surface area contributed by atoms with E-state index in [2.05, 4.69) is 31.0 Å². The molecule has 1 saturated carbocycles. The number of methoxy groups -OCH3 is 1. The summed E-state index contributed by atoms with van der Waals surface area (Å²) < 4.78 is 43.6. The Morgan fingerprint density at radius 3 is 2.55 bits per heavy atom. The number of pyridine rings is 1. The summed E-state index contributed by atoms with van der Waals surface area (Å²) in [6.07, 6.45) is 13.9. The number of piperazine rings is 1. The Labute approximate surface area is 272 Å². The average Bonchev–Trinajstić information content (AvgIpc) is 3.77. The highest BCUT2D eigenvalue weighted by Crippen LogP contribution is 2.47. The van der Waals surface area contributed by atoms with Crippen molar-refractivity contribution in [3.8, 4) is 35.4 Å². The fourth-order valence-corrected chi connectivity index (χ4v) is 7.76. The number of rotatable bonds is 8. The smallest absolute Gasteiger partial charge is 0.319 e. The number of nitrogens with zero attached hydrogens (tertiary/aromatic N) is 5. The van der Waals surface area contributed by atoms with Crippen LogP contribution in [0.1, 0.15) is 44.1 Å². The maximum atomic E-state index is 16.8. The lowest BCUT2D eigenvalue weighted by Crippen LogP contribution is -2.51. The second kappa shape index (κ2) is 11.8. The fraction of sp³-hybridized carbons (Fsp3) is 0.472. The first-order chi connectivity index (χ1) is 22.8. The van der Waals surface area contributed by atoms with Gasteiger partial charge in [-0.3, -0.25) is 4.98 Å². The van der Waals surface area contributed by atoms with Crippen LogP contribution in [0.3, 0.4) is 0 Å². The van der Waals surface area contributed by atoms with Crippen LogP contribution in [0.4, 0.5) is 14.6 Å². The molecule has 0 spiro atoms. The molecule has 4 aliphatic rings. The third-order valence-corrected chi connectivity index (χ3v) is 10.5. The van der Waals surface area contributed by atoms with Gasteiger partial charge in [0, 0.05) is 74.5 Å². The second-order valence-corrected chi connectivity index (χ2v) is 13.7. The number of piperidine rings is 1. The summed E-state index contributed by atoms with van der Waals surface area (Å²) in [6, 6.07) is 6.35. The number of anilines is 1. The minimum atomic E-state index is -0.713. The zero-order valence-corrected chi connectivity index (χ0v) is 26.4. The third-order valence-electron chi connectivity index (χ3n) is 10.5. The molecule has 2 unspecified atom stereocenters. The van der Waals surface area contributed by atoms with E-state index < -0.39 is 11.6 Å². The van der Waals surface area contributed by atoms with Crippen molar-refractivity contribution in [2.45, 2.75) is 56.7 Å². The Hall–Kier alpha value is -4.11. The van der Waals surface area contributed by atoms with E-state index in [0.717, 1.165) is 71.2 Å². The van der Waals surface area contributed by atoms with Gasteiger partial charge in [-0.05, 0) is 62.1 Å². The Morgan fingerprint density at radius 1 is 1.09 bits per heavy atom. The van der Waals surface area contributed by atoms with Gasteiger partial charge in [0.25, 0.3) is 0 Å². The number of terminal acetylenes is 1. The van der Waals surface area contributed by atoms with E-state index in [4.69, 9.17) is 20.9 Å². The highest BCUT2D eigenvalue weighted by Gasteiger charge is 2.45. The lowest BCUT2D eigenvalue weighted by Gasteiger charge is -2.34. The monoisotopic (exact) mass is 640 g/mol. The maximum Gasteiger partial charge on any atom is 0.319 e. The molecule has 2 N–H and O–H groups in total. The van der Waals surface area contributed by atoms with E-state index in [1.54, 1.807) is 13.3 Å². The summed E-state index contributed by atoms with van der Waals surface area (Å²) in [5.74, 6) is 1.54. The molecule has 3 aliphatic heterocycles. The predicted molar refractivity (Wildman–Crippen MR) is 176 cm³/mol. The van der Waals surface area contributed by atoms with Crippen molar-refractivity contribution in [2.75, 3.05) is 51.3 Å². The summed E-state index contributed by atoms with van der Waals surface area (Å²) in [6.45, 7) is 4.84. The highest BCUT2D eigenvalue weighted by atomic mass is 19.1. The van der Waals surface area contributed by atoms with E-state index >= 15 is 4.39 Å². The summed E-state index contributed by atoms with van der Waals surface area (Å²) in [7, 11) is 1.78. The number of aromatic hydroxyl groups is 1. The number of ether oxygens (including phenoxy) is 2. The molecule has 8 rings (SSSR count). The molecule has 2 aromatic heterocycles. The highest BCUT2D eigenvalue weighted by molar-refractivity contribution is 6.03. The molecule has 0 amide bonds. The SMILES string of the molecule is C#Cc1c(F)ccc2cc(O)cc(-c3ncc4c(N5CC6CCC(C5)N6)nc(OCC5(CN6CCC(OC)CC6)CC5)nc4c3F)c12. The number of phenolic OH excluding ortho intramolecular Hbond substituents is 1. The summed E-state index contributed by atoms with van der Waals surface area (Å²) >= 11 is 0. The number of hydrogen-bond acceptors (Lipinski definition) is 9. The van der Waals surface area contributed by atoms with Gasteiger partial charge in [0.1, 0.15) is 28.6 Å². The minimum absolute atomic E-state index is 0.0185. The fourth-order valence-electron chi connectivity index (χ4n) is 7.76. The largest absolute Gasteiger partial charge is 0.508 e. The normalized spacial score (nSPS) is 22.6. The molecular formula is C36H38F2N6O3. The molecule has 47 heavy (non-hydrogen) atoms. The van der Waals surface area contributed by atoms with Gasteiger partial charge < -0.3 is 29.7 Å². The number of nitrogens with one attached hydrogen (secondary N) is 1. The molecule has 9 nitrogen and oxygen atoms in total. The predicted octanol–water partition coefficient (Wildman–Crippen LogP) is 5.02. The Balaban J connectivity index is 1.18. The first-order valence-electron chi connectivity index (χ1n) is 16.5. The first kappa shape index (κ1) is 30.2. The molecule has 1 aliphatic carbocycles. The Morgan fingerprint density at radius 2 is 1.85 bits per heavy atom. The van der Waals surface area contributed by atoms with Crippen LogP contribution in [0.15, 0.2) is 30.5 Å². The third kappa shape index (κ3) is 5.62. The van der Waals surface area contributed by atoms with Gasteiger partial charge >= 0.3 is 6.01 Å². The molecule has 2 atom stereocenters. The molecule has 11 heteroatoms. The Bertz CT molecular complexity index is 1890. The Kier molecular flexibility index (Phi) is 7.62. The number of aromatic nitrogens is 3. The van der Waals surface area contributed by atoms with Crippen LogP contribution in [0.25, 0.3) is 32.9 Å². The summed E-state index contributed by atoms with van der Waals surface area (Å²) in [5.41, 5.74) is 0.148. The number of phenols is 1. The van der Waals surface area contributed by atoms with Crippen molar-refractivity contribution in [1.82, 2.24) is 25.2 Å². The topological polar surface area (TPSA) is 95.9 Å². The summed E-state index contributed by atoms with van der Waals surface area (Å²) in [5, 5.41) is 15.4. The van der Waals surface area contributed by atoms with Crippen LogP contribution >= 0.6 is 0 Å². The zero-order chi connectivity index (χ0) is 32.3. The maximum absolute atomic E-state index is 16.8. The second-order valence-electron chi connectivity index (χ2n) is 13.7. The lowest BCUT2D eigenvalue weighted by atomic mass is 9.96. The van der Waals surface area contributed by atoms with Crippen LogP contribution in [0, 0.1) is 29.4 Å². The van der Waals surface area contributed by atoms with Gasteiger partial charge in [-0.15, -0.1) is 6.42 Å². The van der Waals surface area contributed by atoms with Crippen LogP contribution < -0.4 is 15.0 Å². The van der Waals surface area contributed by atoms with Crippen LogP contribution in [-0.2, 0) is 4.74 Å². The van der Waals surface area contributed by atoms with Gasteiger partial charge in [-0.25, -0.2) is 8.78 Å². The number of halogens is 2. The molecule has 5 heterocycles. The number of benzene rings is 2. The van der Waals surface area contributed by atoms with Crippen molar-refractivity contribution >= 4 is 27.5 Å². The van der Waals surface area contributed by atoms with Crippen molar-refractivity contribution in [3.63, 3.8) is 0 Å². The van der Waals surface area contributed by atoms with Crippen LogP contribution in [-0.4, -0.2) is 89.6 Å². The van der Waals surface area contributed by atoms with E-state index in [0.29, 0.717) is 46.8 Å². The van der Waals surface area contributed by atoms with E-state index in [9.17, 15) is 9.50 Å². The molecule has 2 bridgehead atoms. The lowest BCUT2D eigenvalue weighted by molar-refractivity contribution is 0.0313. The molecule has 2 aromatic carbocycles. The number of fused-ring (bicyclic) bond motifs is 4. The number of likely N-dealkylation sites (tertiary alicyclic amines) is 1. The van der Waals surface area contributed by atoms with E-state index in [1.807, 2.05) is 0 Å². The van der Waals surface area contributed by atoms with Gasteiger partial charge in [0.2, 0.25) is 0 Å². The van der Waals surface area contributed by atoms with Gasteiger partial charge in [-0.2, -0.15) is 9.97 Å². The van der Waals surface area contributed by atoms with Crippen molar-refractivity contribution in [2.24, 2.45) is 5.41 Å². The van der Waals surface area contributed by atoms with Gasteiger partial charge in [0.05, 0.1) is 23.7 Å². The van der Waals surface area contributed by atoms with E-state index in [1.165, 1.54) is 24.3 Å². The first-order valence-corrected chi connectivity index (χ1v) is 16.5. The molecule has 4 aromatic rings. The molecule has 244 valence electrons. The molecule has 3 saturated heterocycles. The standard InChI is InChI=1S/C36H38F2N6O3/c1-3-26-29(37)7-4-21-14-24(45)15-27(30(21)26)32-31(38)33-28(16-39-32)34(44-17-22-5-6-23(18-44)40-22)42-35(41-33)47-20-36(10-11-36)19-43-12-8-25(46-2)9-13-43/h1,4,7,14-16,22-23,25,40,45H,5-6,8-13,17-20H2,2H3. The van der Waals surface area contributed by atoms with Gasteiger partial charge in [0.15, 0.2) is 5.82 Å². The van der Waals surface area contributed by atoms with Crippen LogP contribution in [0.2, 0.25) is 0 Å². The molecular weight excluding hydrogens is 602 g/mol. The van der Waals surface area contributed by atoms with E-state index in [-0.39, 0.29) is 39.5 Å². The van der Waals surface area contributed by atoms with Crippen molar-refractivity contribution in [3.05, 3.63) is 47.7 Å². The van der Waals surface area contributed by atoms with Crippen LogP contribution in [0.5, 0.6) is 11.8 Å². The zero-order valence-electron chi connectivity index (χ0n) is 26.4. The van der Waals surface area contributed by atoms with Crippen molar-refractivity contribution < 1.29 is 23.4 Å². The quantitative estimate of drug-likeness (QED) is 0.258. The minimum Gasteiger partial charge on any atom is -0.508 e.